The van der Waals surface area contributed by atoms with Crippen molar-refractivity contribution in [3.63, 3.8) is 0 Å². The number of anilines is 1. The average Bonchev–Trinajstić information content (AvgIpc) is 3.26. The molecule has 2 N–H and O–H groups in total. The van der Waals surface area contributed by atoms with Crippen molar-refractivity contribution in [1.29, 1.82) is 0 Å². The number of nitrogens with zero attached hydrogens (tertiary/aromatic N) is 1. The lowest BCUT2D eigenvalue weighted by atomic mass is 9.96. The summed E-state index contributed by atoms with van der Waals surface area (Å²) in [4.78, 5) is 37.9. The van der Waals surface area contributed by atoms with Crippen LogP contribution >= 0.6 is 11.6 Å². The summed E-state index contributed by atoms with van der Waals surface area (Å²) in [6.45, 7) is 1.62. The Balaban J connectivity index is 1.37. The van der Waals surface area contributed by atoms with Gasteiger partial charge in [0.15, 0.2) is 0 Å². The van der Waals surface area contributed by atoms with Crippen molar-refractivity contribution in [2.45, 2.75) is 12.8 Å². The molecule has 8 heteroatoms. The minimum atomic E-state index is -0.719. The second kappa shape index (κ2) is 9.93. The summed E-state index contributed by atoms with van der Waals surface area (Å²) in [5.74, 6) is -0.609. The highest BCUT2D eigenvalue weighted by molar-refractivity contribution is 6.39. The average molecular weight is 416 g/mol. The first-order valence-corrected chi connectivity index (χ1v) is 9.74. The van der Waals surface area contributed by atoms with E-state index in [4.69, 9.17) is 16.0 Å². The van der Waals surface area contributed by atoms with E-state index in [0.29, 0.717) is 36.1 Å². The van der Waals surface area contributed by atoms with Crippen LogP contribution in [0.4, 0.5) is 5.69 Å². The standard InChI is InChI=1S/C21H22ClN3O4/c22-16-3-5-17(6-4-16)24-21(28)20(27)23-14-15-9-11-25(12-10-15)19(26)8-7-18-2-1-13-29-18/h1-8,13,15H,9-12,14H2,(H,23,27)(H,24,28). The Hall–Kier alpha value is -3.06. The molecule has 2 heterocycles. The van der Waals surface area contributed by atoms with Gasteiger partial charge in [-0.2, -0.15) is 0 Å². The summed E-state index contributed by atoms with van der Waals surface area (Å²) in [5, 5.41) is 5.74. The molecule has 0 radical (unpaired) electrons. The van der Waals surface area contributed by atoms with Crippen LogP contribution in [0.15, 0.2) is 53.2 Å². The van der Waals surface area contributed by atoms with Crippen molar-refractivity contribution in [1.82, 2.24) is 10.2 Å². The van der Waals surface area contributed by atoms with Gasteiger partial charge in [-0.05, 0) is 61.2 Å². The number of hydrogen-bond acceptors (Lipinski definition) is 4. The third-order valence-corrected chi connectivity index (χ3v) is 4.97. The zero-order valence-corrected chi connectivity index (χ0v) is 16.5. The number of furan rings is 1. The summed E-state index contributed by atoms with van der Waals surface area (Å²) >= 11 is 5.79. The van der Waals surface area contributed by atoms with Gasteiger partial charge in [-0.3, -0.25) is 14.4 Å². The van der Waals surface area contributed by atoms with Crippen molar-refractivity contribution in [3.8, 4) is 0 Å². The van der Waals surface area contributed by atoms with Crippen molar-refractivity contribution < 1.29 is 18.8 Å². The molecule has 0 spiro atoms. The highest BCUT2D eigenvalue weighted by Crippen LogP contribution is 2.17. The van der Waals surface area contributed by atoms with E-state index in [2.05, 4.69) is 10.6 Å². The third-order valence-electron chi connectivity index (χ3n) is 4.72. The van der Waals surface area contributed by atoms with E-state index in [1.54, 1.807) is 53.6 Å². The molecule has 0 unspecified atom stereocenters. The van der Waals surface area contributed by atoms with E-state index in [1.165, 1.54) is 6.08 Å². The van der Waals surface area contributed by atoms with Crippen LogP contribution in [0.1, 0.15) is 18.6 Å². The van der Waals surface area contributed by atoms with Gasteiger partial charge in [0.2, 0.25) is 5.91 Å². The zero-order valence-electron chi connectivity index (χ0n) is 15.8. The van der Waals surface area contributed by atoms with Crippen LogP contribution in [0.3, 0.4) is 0 Å². The molecule has 3 rings (SSSR count). The largest absolute Gasteiger partial charge is 0.465 e. The fourth-order valence-electron chi connectivity index (χ4n) is 3.04. The lowest BCUT2D eigenvalue weighted by Gasteiger charge is -2.31. The molecule has 0 bridgehead atoms. The first-order chi connectivity index (χ1) is 14.0. The van der Waals surface area contributed by atoms with Gasteiger partial charge < -0.3 is 20.0 Å². The second-order valence-electron chi connectivity index (χ2n) is 6.79. The number of piperidine rings is 1. The second-order valence-corrected chi connectivity index (χ2v) is 7.22. The molecule has 29 heavy (non-hydrogen) atoms. The van der Waals surface area contributed by atoms with E-state index in [-0.39, 0.29) is 11.8 Å². The van der Waals surface area contributed by atoms with E-state index < -0.39 is 11.8 Å². The summed E-state index contributed by atoms with van der Waals surface area (Å²) in [6, 6.07) is 10.1. The minimum Gasteiger partial charge on any atom is -0.465 e. The number of rotatable bonds is 5. The highest BCUT2D eigenvalue weighted by Gasteiger charge is 2.23. The van der Waals surface area contributed by atoms with Crippen LogP contribution in [0.5, 0.6) is 0 Å². The first kappa shape index (κ1) is 20.7. The summed E-state index contributed by atoms with van der Waals surface area (Å²) in [6.07, 6.45) is 6.23. The minimum absolute atomic E-state index is 0.0637. The van der Waals surface area contributed by atoms with E-state index in [0.717, 1.165) is 12.8 Å². The van der Waals surface area contributed by atoms with Gasteiger partial charge in [0.1, 0.15) is 5.76 Å². The van der Waals surface area contributed by atoms with Crippen LogP contribution in [0.2, 0.25) is 5.02 Å². The SMILES string of the molecule is O=C(NCC1CCN(C(=O)C=Cc2ccco2)CC1)C(=O)Nc1ccc(Cl)cc1. The molecule has 2 aromatic rings. The summed E-state index contributed by atoms with van der Waals surface area (Å²) in [7, 11) is 0. The van der Waals surface area contributed by atoms with E-state index in [1.807, 2.05) is 0 Å². The van der Waals surface area contributed by atoms with Crippen molar-refractivity contribution in [3.05, 3.63) is 59.5 Å². The zero-order chi connectivity index (χ0) is 20.6. The van der Waals surface area contributed by atoms with Crippen LogP contribution < -0.4 is 10.6 Å². The quantitative estimate of drug-likeness (QED) is 0.580. The number of nitrogens with one attached hydrogen (secondary N) is 2. The number of likely N-dealkylation sites (tertiary alicyclic amines) is 1. The molecule has 3 amide bonds. The molecule has 1 aromatic carbocycles. The monoisotopic (exact) mass is 415 g/mol. The van der Waals surface area contributed by atoms with Crippen molar-refractivity contribution in [2.24, 2.45) is 5.92 Å². The van der Waals surface area contributed by atoms with Gasteiger partial charge in [-0.1, -0.05) is 11.6 Å². The number of carbonyl (C=O) groups excluding carboxylic acids is 3. The van der Waals surface area contributed by atoms with Crippen LogP contribution in [-0.4, -0.2) is 42.3 Å². The molecule has 152 valence electrons. The maximum atomic E-state index is 12.2. The number of carbonyl (C=O) groups is 3. The predicted octanol–water partition coefficient (Wildman–Crippen LogP) is 2.94. The van der Waals surface area contributed by atoms with Crippen LogP contribution in [0, 0.1) is 5.92 Å². The molecule has 1 aliphatic rings. The Kier molecular flexibility index (Phi) is 7.08. The normalized spacial score (nSPS) is 14.7. The molecule has 7 nitrogen and oxygen atoms in total. The molecular formula is C21H22ClN3O4. The fourth-order valence-corrected chi connectivity index (χ4v) is 3.17. The summed E-state index contributed by atoms with van der Waals surface area (Å²) < 4.78 is 5.17. The summed E-state index contributed by atoms with van der Waals surface area (Å²) in [5.41, 5.74) is 0.504. The third kappa shape index (κ3) is 6.22. The van der Waals surface area contributed by atoms with Gasteiger partial charge in [0, 0.05) is 36.4 Å². The van der Waals surface area contributed by atoms with Gasteiger partial charge >= 0.3 is 11.8 Å². The predicted molar refractivity (Wildman–Crippen MR) is 110 cm³/mol. The Morgan fingerprint density at radius 1 is 1.10 bits per heavy atom. The number of benzene rings is 1. The highest BCUT2D eigenvalue weighted by atomic mass is 35.5. The maximum Gasteiger partial charge on any atom is 0.313 e. The van der Waals surface area contributed by atoms with Crippen molar-refractivity contribution in [2.75, 3.05) is 25.0 Å². The number of halogens is 1. The Bertz CT molecular complexity index is 870. The number of amides is 3. The smallest absolute Gasteiger partial charge is 0.313 e. The molecule has 0 aliphatic carbocycles. The van der Waals surface area contributed by atoms with Crippen LogP contribution in [-0.2, 0) is 14.4 Å². The lowest BCUT2D eigenvalue weighted by molar-refractivity contribution is -0.136. The maximum absolute atomic E-state index is 12.2. The van der Waals surface area contributed by atoms with Gasteiger partial charge in [-0.25, -0.2) is 0 Å². The topological polar surface area (TPSA) is 91.7 Å². The molecule has 1 aliphatic heterocycles. The Morgan fingerprint density at radius 2 is 1.83 bits per heavy atom. The molecule has 1 fully saturated rings. The molecular weight excluding hydrogens is 394 g/mol. The molecule has 0 atom stereocenters. The number of hydrogen-bond donors (Lipinski definition) is 2. The first-order valence-electron chi connectivity index (χ1n) is 9.36. The van der Waals surface area contributed by atoms with E-state index in [9.17, 15) is 14.4 Å². The molecule has 0 saturated carbocycles. The van der Waals surface area contributed by atoms with Crippen molar-refractivity contribution >= 4 is 41.1 Å². The van der Waals surface area contributed by atoms with Crippen LogP contribution in [0.25, 0.3) is 6.08 Å². The Labute approximate surface area is 173 Å². The lowest BCUT2D eigenvalue weighted by Crippen LogP contribution is -2.43. The van der Waals surface area contributed by atoms with Gasteiger partial charge in [0.25, 0.3) is 0 Å². The van der Waals surface area contributed by atoms with Gasteiger partial charge in [0.05, 0.1) is 6.26 Å². The fraction of sp³-hybridized carbons (Fsp3) is 0.286. The molecule has 1 saturated heterocycles. The van der Waals surface area contributed by atoms with E-state index >= 15 is 0 Å². The molecule has 1 aromatic heterocycles. The van der Waals surface area contributed by atoms with Gasteiger partial charge in [-0.15, -0.1) is 0 Å². The Morgan fingerprint density at radius 3 is 2.48 bits per heavy atom.